The Morgan fingerprint density at radius 3 is 1.88 bits per heavy atom. The number of hydrogen-bond donors (Lipinski definition) is 0. The second kappa shape index (κ2) is 8.60. The Kier molecular flexibility index (Phi) is 6.49. The molecule has 2 rings (SSSR count). The molecule has 2 aromatic carbocycles. The number of ether oxygens (including phenoxy) is 3. The number of methoxy groups -OCH3 is 1. The molecule has 0 aliphatic carbocycles. The lowest BCUT2D eigenvalue weighted by atomic mass is 9.88. The maximum atomic E-state index is 12.3. The van der Waals surface area contributed by atoms with Crippen molar-refractivity contribution in [1.82, 2.24) is 0 Å². The molecule has 0 saturated heterocycles. The van der Waals surface area contributed by atoms with Crippen molar-refractivity contribution in [3.63, 3.8) is 0 Å². The minimum atomic E-state index is -4.75. The maximum absolute atomic E-state index is 12.3. The van der Waals surface area contributed by atoms with E-state index in [1.807, 2.05) is 12.1 Å². The highest BCUT2D eigenvalue weighted by Crippen LogP contribution is 2.32. The van der Waals surface area contributed by atoms with Crippen LogP contribution in [-0.4, -0.2) is 26.0 Å². The van der Waals surface area contributed by atoms with Crippen LogP contribution < -0.4 is 9.47 Å². The third kappa shape index (κ3) is 5.68. The van der Waals surface area contributed by atoms with Gasteiger partial charge in [-0.25, -0.2) is 0 Å². The van der Waals surface area contributed by atoms with Crippen molar-refractivity contribution < 1.29 is 32.2 Å². The summed E-state index contributed by atoms with van der Waals surface area (Å²) in [5.41, 5.74) is 1.50. The fraction of sp³-hybridized carbons (Fsp3) is 0.316. The first-order chi connectivity index (χ1) is 12.3. The molecule has 0 N–H and O–H groups in total. The second-order valence-electron chi connectivity index (χ2n) is 5.45. The van der Waals surface area contributed by atoms with Crippen molar-refractivity contribution in [2.45, 2.75) is 25.6 Å². The van der Waals surface area contributed by atoms with Gasteiger partial charge in [-0.1, -0.05) is 24.3 Å². The van der Waals surface area contributed by atoms with Gasteiger partial charge in [0.05, 0.1) is 20.1 Å². The summed E-state index contributed by atoms with van der Waals surface area (Å²) in [6.45, 7) is 1.97. The quantitative estimate of drug-likeness (QED) is 0.666. The van der Waals surface area contributed by atoms with Crippen LogP contribution in [-0.2, 0) is 9.53 Å². The highest BCUT2D eigenvalue weighted by atomic mass is 19.4. The third-order valence-corrected chi connectivity index (χ3v) is 3.71. The second-order valence-corrected chi connectivity index (χ2v) is 5.45. The first-order valence-corrected chi connectivity index (χ1v) is 7.97. The molecule has 7 heteroatoms. The van der Waals surface area contributed by atoms with E-state index in [1.54, 1.807) is 26.2 Å². The number of hydrogen-bond acceptors (Lipinski definition) is 4. The van der Waals surface area contributed by atoms with Crippen molar-refractivity contribution in [1.29, 1.82) is 0 Å². The van der Waals surface area contributed by atoms with E-state index in [0.717, 1.165) is 5.56 Å². The topological polar surface area (TPSA) is 44.8 Å². The Labute approximate surface area is 149 Å². The van der Waals surface area contributed by atoms with E-state index < -0.39 is 6.36 Å². The van der Waals surface area contributed by atoms with Gasteiger partial charge in [-0.15, -0.1) is 13.2 Å². The van der Waals surface area contributed by atoms with Crippen molar-refractivity contribution >= 4 is 5.97 Å². The number of alkyl halides is 3. The molecule has 0 aliphatic rings. The van der Waals surface area contributed by atoms with Gasteiger partial charge in [0.15, 0.2) is 0 Å². The van der Waals surface area contributed by atoms with Crippen molar-refractivity contribution in [2.24, 2.45) is 0 Å². The largest absolute Gasteiger partial charge is 0.573 e. The third-order valence-electron chi connectivity index (χ3n) is 3.71. The van der Waals surface area contributed by atoms with Gasteiger partial charge in [-0.3, -0.25) is 4.79 Å². The van der Waals surface area contributed by atoms with E-state index in [0.29, 0.717) is 11.3 Å². The molecule has 0 spiro atoms. The SMILES string of the molecule is CCOC(=O)CC(c1ccc(OC)cc1)c1ccc(OC(F)(F)F)cc1. The lowest BCUT2D eigenvalue weighted by Crippen LogP contribution is -2.17. The molecule has 0 heterocycles. The van der Waals surface area contributed by atoms with Gasteiger partial charge in [0.1, 0.15) is 11.5 Å². The molecule has 1 atom stereocenters. The van der Waals surface area contributed by atoms with Gasteiger partial charge < -0.3 is 14.2 Å². The summed E-state index contributed by atoms with van der Waals surface area (Å²) in [7, 11) is 1.55. The fourth-order valence-electron chi connectivity index (χ4n) is 2.55. The van der Waals surface area contributed by atoms with Gasteiger partial charge in [0.25, 0.3) is 0 Å². The summed E-state index contributed by atoms with van der Waals surface area (Å²) in [5, 5.41) is 0. The molecule has 0 aliphatic heterocycles. The highest BCUT2D eigenvalue weighted by Gasteiger charge is 2.31. The number of halogens is 3. The van der Waals surface area contributed by atoms with Crippen LogP contribution in [0.3, 0.4) is 0 Å². The number of benzene rings is 2. The van der Waals surface area contributed by atoms with E-state index in [2.05, 4.69) is 4.74 Å². The van der Waals surface area contributed by atoms with Crippen molar-refractivity contribution in [3.8, 4) is 11.5 Å². The highest BCUT2D eigenvalue weighted by molar-refractivity contribution is 5.71. The zero-order valence-electron chi connectivity index (χ0n) is 14.4. The summed E-state index contributed by atoms with van der Waals surface area (Å²) < 4.78 is 50.9. The minimum Gasteiger partial charge on any atom is -0.497 e. The summed E-state index contributed by atoms with van der Waals surface area (Å²) in [6.07, 6.45) is -4.68. The molecule has 0 amide bonds. The molecule has 26 heavy (non-hydrogen) atoms. The average molecular weight is 368 g/mol. The Morgan fingerprint density at radius 2 is 1.46 bits per heavy atom. The minimum absolute atomic E-state index is 0.0691. The standard InChI is InChI=1S/C19H19F3O4/c1-3-25-18(23)12-17(13-4-8-15(24-2)9-5-13)14-6-10-16(11-7-14)26-19(20,21)22/h4-11,17H,3,12H2,1-2H3. The summed E-state index contributed by atoms with van der Waals surface area (Å²) in [6, 6.07) is 12.6. The van der Waals surface area contributed by atoms with Gasteiger partial charge in [-0.2, -0.15) is 0 Å². The Hall–Kier alpha value is -2.70. The molecule has 140 valence electrons. The number of carbonyl (C=O) groups excluding carboxylic acids is 1. The van der Waals surface area contributed by atoms with Crippen LogP contribution >= 0.6 is 0 Å². The molecular formula is C19H19F3O4. The molecule has 2 aromatic rings. The Balaban J connectivity index is 2.28. The van der Waals surface area contributed by atoms with Crippen LogP contribution in [0.2, 0.25) is 0 Å². The molecule has 0 bridgehead atoms. The fourth-order valence-corrected chi connectivity index (χ4v) is 2.55. The molecule has 0 aromatic heterocycles. The maximum Gasteiger partial charge on any atom is 0.573 e. The summed E-state index contributed by atoms with van der Waals surface area (Å²) in [5.74, 6) is -0.396. The molecule has 1 unspecified atom stereocenters. The van der Waals surface area contributed by atoms with Crippen molar-refractivity contribution in [3.05, 3.63) is 59.7 Å². The molecule has 0 radical (unpaired) electrons. The van der Waals surface area contributed by atoms with E-state index in [4.69, 9.17) is 9.47 Å². The van der Waals surface area contributed by atoms with E-state index in [-0.39, 0.29) is 30.7 Å². The number of carbonyl (C=O) groups is 1. The molecular weight excluding hydrogens is 349 g/mol. The van der Waals surface area contributed by atoms with Crippen LogP contribution in [0.5, 0.6) is 11.5 Å². The molecule has 0 fully saturated rings. The molecule has 4 nitrogen and oxygen atoms in total. The summed E-state index contributed by atoms with van der Waals surface area (Å²) in [4.78, 5) is 12.0. The van der Waals surface area contributed by atoms with Crippen LogP contribution in [0.4, 0.5) is 13.2 Å². The van der Waals surface area contributed by atoms with E-state index in [1.165, 1.54) is 24.3 Å². The van der Waals surface area contributed by atoms with Gasteiger partial charge in [0, 0.05) is 5.92 Å². The summed E-state index contributed by atoms with van der Waals surface area (Å²) >= 11 is 0. The lowest BCUT2D eigenvalue weighted by molar-refractivity contribution is -0.274. The number of esters is 1. The Bertz CT molecular complexity index is 709. The zero-order valence-corrected chi connectivity index (χ0v) is 14.4. The van der Waals surface area contributed by atoms with Crippen LogP contribution in [0.25, 0.3) is 0 Å². The van der Waals surface area contributed by atoms with Gasteiger partial charge in [0.2, 0.25) is 0 Å². The normalized spacial score (nSPS) is 12.3. The monoisotopic (exact) mass is 368 g/mol. The predicted octanol–water partition coefficient (Wildman–Crippen LogP) is 4.68. The van der Waals surface area contributed by atoms with Gasteiger partial charge >= 0.3 is 12.3 Å². The zero-order chi connectivity index (χ0) is 19.2. The average Bonchev–Trinajstić information content (AvgIpc) is 2.60. The first-order valence-electron chi connectivity index (χ1n) is 7.97. The van der Waals surface area contributed by atoms with Crippen LogP contribution in [0.15, 0.2) is 48.5 Å². The van der Waals surface area contributed by atoms with E-state index >= 15 is 0 Å². The smallest absolute Gasteiger partial charge is 0.497 e. The van der Waals surface area contributed by atoms with Crippen molar-refractivity contribution in [2.75, 3.05) is 13.7 Å². The first kappa shape index (κ1) is 19.6. The Morgan fingerprint density at radius 1 is 0.962 bits per heavy atom. The van der Waals surface area contributed by atoms with Gasteiger partial charge in [-0.05, 0) is 42.3 Å². The van der Waals surface area contributed by atoms with Crippen LogP contribution in [0.1, 0.15) is 30.4 Å². The van der Waals surface area contributed by atoms with E-state index in [9.17, 15) is 18.0 Å². The number of rotatable bonds is 7. The molecule has 0 saturated carbocycles. The lowest BCUT2D eigenvalue weighted by Gasteiger charge is -2.18. The predicted molar refractivity (Wildman–Crippen MR) is 89.2 cm³/mol. The van der Waals surface area contributed by atoms with Crippen LogP contribution in [0, 0.1) is 0 Å².